The highest BCUT2D eigenvalue weighted by Gasteiger charge is 2.23. The zero-order valence-electron chi connectivity index (χ0n) is 11.9. The molecule has 1 aliphatic carbocycles. The van der Waals surface area contributed by atoms with Crippen molar-refractivity contribution in [3.63, 3.8) is 0 Å². The van der Waals surface area contributed by atoms with Crippen LogP contribution in [0.1, 0.15) is 52.4 Å². The van der Waals surface area contributed by atoms with Gasteiger partial charge < -0.3 is 9.05 Å². The van der Waals surface area contributed by atoms with E-state index in [-0.39, 0.29) is 0 Å². The predicted molar refractivity (Wildman–Crippen MR) is 80.6 cm³/mol. The third kappa shape index (κ3) is 6.27. The lowest BCUT2D eigenvalue weighted by molar-refractivity contribution is 0.212. The highest BCUT2D eigenvalue weighted by molar-refractivity contribution is 7.57. The van der Waals surface area contributed by atoms with Crippen molar-refractivity contribution < 1.29 is 13.6 Å². The zero-order chi connectivity index (χ0) is 14.1. The van der Waals surface area contributed by atoms with Crippen LogP contribution in [0.3, 0.4) is 0 Å². The molecule has 0 saturated carbocycles. The van der Waals surface area contributed by atoms with Crippen LogP contribution in [0.2, 0.25) is 0 Å². The molecule has 0 unspecified atom stereocenters. The molecule has 0 aromatic carbocycles. The van der Waals surface area contributed by atoms with E-state index in [1.165, 1.54) is 12.2 Å². The van der Waals surface area contributed by atoms with Gasteiger partial charge in [-0.2, -0.15) is 0 Å². The summed E-state index contributed by atoms with van der Waals surface area (Å²) in [5, 5.41) is 0.523. The summed E-state index contributed by atoms with van der Waals surface area (Å²) in [5.74, 6) is 1.48. The third-order valence-electron chi connectivity index (χ3n) is 2.82. The van der Waals surface area contributed by atoms with Crippen molar-refractivity contribution >= 4 is 19.2 Å². The van der Waals surface area contributed by atoms with Crippen molar-refractivity contribution in [1.82, 2.24) is 0 Å². The second-order valence-electron chi connectivity index (χ2n) is 4.66. The Balaban J connectivity index is 2.78. The molecule has 0 N–H and O–H groups in total. The van der Waals surface area contributed by atoms with Gasteiger partial charge in [-0.25, -0.2) is 0 Å². The lowest BCUT2D eigenvalue weighted by Crippen LogP contribution is -1.98. The fourth-order valence-electron chi connectivity index (χ4n) is 1.83. The van der Waals surface area contributed by atoms with Crippen LogP contribution in [0.25, 0.3) is 0 Å². The number of hydrogen-bond donors (Lipinski definition) is 0. The summed E-state index contributed by atoms with van der Waals surface area (Å²) in [5.41, 5.74) is 1.06. The number of hydrogen-bond acceptors (Lipinski definition) is 3. The first-order valence-corrected chi connectivity index (χ1v) is 9.07. The van der Waals surface area contributed by atoms with Gasteiger partial charge in [-0.3, -0.25) is 4.57 Å². The van der Waals surface area contributed by atoms with Crippen molar-refractivity contribution in [2.45, 2.75) is 52.4 Å². The van der Waals surface area contributed by atoms with Crippen LogP contribution in [0.5, 0.6) is 0 Å². The largest absolute Gasteiger partial charge is 0.355 e. The lowest BCUT2D eigenvalue weighted by atomic mass is 10.00. The maximum absolute atomic E-state index is 12.6. The average Bonchev–Trinajstić information content (AvgIpc) is 2.44. The van der Waals surface area contributed by atoms with Crippen molar-refractivity contribution in [3.8, 4) is 0 Å². The van der Waals surface area contributed by atoms with Gasteiger partial charge in [0.1, 0.15) is 0 Å². The Morgan fingerprint density at radius 2 is 1.95 bits per heavy atom. The van der Waals surface area contributed by atoms with Crippen molar-refractivity contribution in [2.24, 2.45) is 0 Å². The van der Waals surface area contributed by atoms with Crippen LogP contribution in [-0.2, 0) is 13.6 Å². The van der Waals surface area contributed by atoms with Crippen molar-refractivity contribution in [2.75, 3.05) is 13.2 Å². The van der Waals surface area contributed by atoms with Gasteiger partial charge in [-0.05, 0) is 44.1 Å². The fraction of sp³-hybridized carbons (Fsp3) is 0.714. The topological polar surface area (TPSA) is 35.5 Å². The standard InChI is InChI=1S/C14H24ClO3P/c1-3-10-17-19(16,18-11-4-2)12-14(15)13-8-6-5-7-9-13/h8,12H,3-7,9-11H2,1-2H3. The molecular formula is C14H24ClO3P. The minimum absolute atomic E-state index is 0.417. The second kappa shape index (κ2) is 8.97. The summed E-state index contributed by atoms with van der Waals surface area (Å²) >= 11 is 6.26. The third-order valence-corrected chi connectivity index (χ3v) is 4.98. The molecule has 0 radical (unpaired) electrons. The Morgan fingerprint density at radius 1 is 1.32 bits per heavy atom. The molecule has 0 saturated heterocycles. The number of rotatable bonds is 8. The first kappa shape index (κ1) is 17.0. The molecule has 19 heavy (non-hydrogen) atoms. The molecule has 5 heteroatoms. The Labute approximate surface area is 121 Å². The van der Waals surface area contributed by atoms with E-state index in [1.54, 1.807) is 0 Å². The minimum Gasteiger partial charge on any atom is -0.306 e. The molecule has 1 aliphatic rings. The van der Waals surface area contributed by atoms with Crippen LogP contribution in [0, 0.1) is 0 Å². The Bertz CT molecular complexity index is 365. The van der Waals surface area contributed by atoms with E-state index in [9.17, 15) is 4.57 Å². The van der Waals surface area contributed by atoms with Gasteiger partial charge in [-0.1, -0.05) is 31.5 Å². The first-order chi connectivity index (χ1) is 9.11. The smallest absolute Gasteiger partial charge is 0.306 e. The molecule has 0 heterocycles. The highest BCUT2D eigenvalue weighted by atomic mass is 35.5. The SMILES string of the molecule is CCCOP(=O)(C=C(Cl)C1=CCCCC1)OCCC. The Kier molecular flexibility index (Phi) is 8.01. The van der Waals surface area contributed by atoms with E-state index in [1.807, 2.05) is 13.8 Å². The molecule has 0 aromatic rings. The molecule has 0 amide bonds. The van der Waals surface area contributed by atoms with Crippen molar-refractivity contribution in [1.29, 1.82) is 0 Å². The molecule has 3 nitrogen and oxygen atoms in total. The van der Waals surface area contributed by atoms with Crippen LogP contribution >= 0.6 is 19.2 Å². The molecule has 0 spiro atoms. The zero-order valence-corrected chi connectivity index (χ0v) is 13.5. The summed E-state index contributed by atoms with van der Waals surface area (Å²) in [6.07, 6.45) is 8.02. The van der Waals surface area contributed by atoms with Gasteiger partial charge in [0, 0.05) is 5.82 Å². The van der Waals surface area contributed by atoms with E-state index < -0.39 is 7.60 Å². The number of allylic oxidation sites excluding steroid dienone is 3. The van der Waals surface area contributed by atoms with Gasteiger partial charge >= 0.3 is 7.60 Å². The number of halogens is 1. The minimum atomic E-state index is -3.21. The maximum Gasteiger partial charge on any atom is 0.355 e. The Hall–Kier alpha value is -0.0800. The quantitative estimate of drug-likeness (QED) is 0.546. The first-order valence-electron chi connectivity index (χ1n) is 7.08. The monoisotopic (exact) mass is 306 g/mol. The van der Waals surface area contributed by atoms with Gasteiger partial charge in [-0.15, -0.1) is 0 Å². The van der Waals surface area contributed by atoms with Gasteiger partial charge in [0.25, 0.3) is 0 Å². The predicted octanol–water partition coefficient (Wildman–Crippen LogP) is 5.61. The van der Waals surface area contributed by atoms with Crippen LogP contribution < -0.4 is 0 Å². The highest BCUT2D eigenvalue weighted by Crippen LogP contribution is 2.52. The summed E-state index contributed by atoms with van der Waals surface area (Å²) in [6, 6.07) is 0. The van der Waals surface area contributed by atoms with E-state index in [0.717, 1.165) is 37.7 Å². The van der Waals surface area contributed by atoms with E-state index >= 15 is 0 Å². The summed E-state index contributed by atoms with van der Waals surface area (Å²) in [6.45, 7) is 4.78. The average molecular weight is 307 g/mol. The van der Waals surface area contributed by atoms with Gasteiger partial charge in [0.05, 0.1) is 18.2 Å². The van der Waals surface area contributed by atoms with E-state index in [0.29, 0.717) is 18.2 Å². The van der Waals surface area contributed by atoms with E-state index in [4.69, 9.17) is 20.6 Å². The maximum atomic E-state index is 12.6. The van der Waals surface area contributed by atoms with E-state index in [2.05, 4.69) is 6.08 Å². The molecule has 0 bridgehead atoms. The lowest BCUT2D eigenvalue weighted by Gasteiger charge is -2.17. The Morgan fingerprint density at radius 3 is 2.42 bits per heavy atom. The van der Waals surface area contributed by atoms with Gasteiger partial charge in [0.2, 0.25) is 0 Å². The second-order valence-corrected chi connectivity index (χ2v) is 6.92. The summed E-state index contributed by atoms with van der Waals surface area (Å²) in [4.78, 5) is 0. The summed E-state index contributed by atoms with van der Waals surface area (Å²) < 4.78 is 23.3. The van der Waals surface area contributed by atoms with Crippen LogP contribution in [0.15, 0.2) is 22.5 Å². The molecule has 0 atom stereocenters. The molecule has 1 rings (SSSR count). The van der Waals surface area contributed by atoms with Crippen molar-refractivity contribution in [3.05, 3.63) is 22.5 Å². The molecule has 0 fully saturated rings. The molecule has 0 aliphatic heterocycles. The molecular weight excluding hydrogens is 283 g/mol. The van der Waals surface area contributed by atoms with Crippen LogP contribution in [-0.4, -0.2) is 13.2 Å². The van der Waals surface area contributed by atoms with Gasteiger partial charge in [0.15, 0.2) is 0 Å². The molecule has 110 valence electrons. The molecule has 0 aromatic heterocycles. The fourth-order valence-corrected chi connectivity index (χ4v) is 3.90. The normalized spacial score (nSPS) is 17.4. The summed E-state index contributed by atoms with van der Waals surface area (Å²) in [7, 11) is -3.21. The van der Waals surface area contributed by atoms with Crippen LogP contribution in [0.4, 0.5) is 0 Å².